The quantitative estimate of drug-likeness (QED) is 0.707. The molecule has 2 aromatic carbocycles. The topological polar surface area (TPSA) is 93.8 Å². The minimum atomic E-state index is -0.675. The fraction of sp³-hybridized carbons (Fsp3) is 0.238. The normalized spacial score (nSPS) is 17.8. The zero-order chi connectivity index (χ0) is 19.7. The van der Waals surface area contributed by atoms with Crippen LogP contribution in [0, 0.1) is 0 Å². The minimum Gasteiger partial charge on any atom is -0.497 e. The number of aromatic nitrogens is 1. The van der Waals surface area contributed by atoms with E-state index in [0.717, 1.165) is 11.1 Å². The van der Waals surface area contributed by atoms with Crippen LogP contribution in [0.25, 0.3) is 11.3 Å². The van der Waals surface area contributed by atoms with Crippen molar-refractivity contribution in [3.8, 4) is 22.8 Å². The number of aliphatic hydroxyl groups excluding tert-OH is 1. The number of fused-ring (bicyclic) bond motifs is 1. The molecule has 1 aromatic heterocycles. The van der Waals surface area contributed by atoms with Gasteiger partial charge < -0.3 is 24.4 Å². The minimum absolute atomic E-state index is 0.122. The van der Waals surface area contributed by atoms with Gasteiger partial charge in [-0.25, -0.2) is 0 Å². The van der Waals surface area contributed by atoms with Gasteiger partial charge in [0, 0.05) is 12.5 Å². The number of ether oxygens (including phenoxy) is 2. The maximum atomic E-state index is 12.7. The molecule has 1 heterocycles. The molecule has 1 aliphatic rings. The van der Waals surface area contributed by atoms with Crippen molar-refractivity contribution >= 4 is 5.91 Å². The van der Waals surface area contributed by atoms with Crippen molar-refractivity contribution in [3.63, 3.8) is 0 Å². The Labute approximate surface area is 161 Å². The van der Waals surface area contributed by atoms with Crippen LogP contribution in [-0.4, -0.2) is 36.5 Å². The molecule has 1 amide bonds. The summed E-state index contributed by atoms with van der Waals surface area (Å²) in [4.78, 5) is 12.7. The van der Waals surface area contributed by atoms with E-state index in [0.29, 0.717) is 29.2 Å². The number of benzene rings is 2. The van der Waals surface area contributed by atoms with Crippen molar-refractivity contribution in [2.24, 2.45) is 0 Å². The van der Waals surface area contributed by atoms with Crippen molar-refractivity contribution < 1.29 is 23.9 Å². The van der Waals surface area contributed by atoms with E-state index in [1.807, 2.05) is 24.3 Å². The highest BCUT2D eigenvalue weighted by Crippen LogP contribution is 2.34. The average molecular weight is 380 g/mol. The van der Waals surface area contributed by atoms with E-state index >= 15 is 0 Å². The molecule has 7 heteroatoms. The summed E-state index contributed by atoms with van der Waals surface area (Å²) < 4.78 is 16.0. The summed E-state index contributed by atoms with van der Waals surface area (Å²) in [5, 5.41) is 17.1. The van der Waals surface area contributed by atoms with E-state index in [1.54, 1.807) is 38.5 Å². The van der Waals surface area contributed by atoms with E-state index in [-0.39, 0.29) is 5.69 Å². The first-order chi connectivity index (χ1) is 13.6. The first-order valence-electron chi connectivity index (χ1n) is 8.86. The van der Waals surface area contributed by atoms with Gasteiger partial charge in [-0.15, -0.1) is 0 Å². The Morgan fingerprint density at radius 3 is 2.79 bits per heavy atom. The lowest BCUT2D eigenvalue weighted by Gasteiger charge is -2.16. The van der Waals surface area contributed by atoms with Gasteiger partial charge in [0.2, 0.25) is 0 Å². The van der Waals surface area contributed by atoms with Crippen LogP contribution in [-0.2, 0) is 6.42 Å². The molecule has 0 bridgehead atoms. The zero-order valence-corrected chi connectivity index (χ0v) is 15.5. The third kappa shape index (κ3) is 3.20. The predicted molar refractivity (Wildman–Crippen MR) is 101 cm³/mol. The molecule has 1 aliphatic carbocycles. The summed E-state index contributed by atoms with van der Waals surface area (Å²) in [5.41, 5.74) is 2.69. The van der Waals surface area contributed by atoms with Crippen LogP contribution in [0.1, 0.15) is 27.7 Å². The molecule has 0 radical (unpaired) electrons. The van der Waals surface area contributed by atoms with Crippen LogP contribution in [0.5, 0.6) is 11.5 Å². The monoisotopic (exact) mass is 380 g/mol. The fourth-order valence-corrected chi connectivity index (χ4v) is 3.48. The lowest BCUT2D eigenvalue weighted by Crippen LogP contribution is -2.34. The maximum absolute atomic E-state index is 12.7. The van der Waals surface area contributed by atoms with Gasteiger partial charge in [-0.2, -0.15) is 0 Å². The molecule has 0 spiro atoms. The van der Waals surface area contributed by atoms with E-state index in [4.69, 9.17) is 14.0 Å². The van der Waals surface area contributed by atoms with Crippen molar-refractivity contribution in [2.45, 2.75) is 18.6 Å². The molecule has 4 rings (SSSR count). The van der Waals surface area contributed by atoms with E-state index in [2.05, 4.69) is 10.5 Å². The van der Waals surface area contributed by atoms with Crippen molar-refractivity contribution in [3.05, 3.63) is 65.4 Å². The number of methoxy groups -OCH3 is 2. The molecule has 2 atom stereocenters. The van der Waals surface area contributed by atoms with E-state index < -0.39 is 18.1 Å². The second kappa shape index (κ2) is 7.36. The van der Waals surface area contributed by atoms with Crippen LogP contribution in [0.3, 0.4) is 0 Å². The van der Waals surface area contributed by atoms with E-state index in [9.17, 15) is 9.90 Å². The Hall–Kier alpha value is -3.32. The van der Waals surface area contributed by atoms with Crippen molar-refractivity contribution in [2.75, 3.05) is 14.2 Å². The molecule has 28 heavy (non-hydrogen) atoms. The predicted octanol–water partition coefficient (Wildman–Crippen LogP) is 2.75. The SMILES string of the molecule is COc1ccc(OC)c(-c2cc(C(=O)N[C@@H]3c4ccccc4C[C@@H]3O)no2)c1. The van der Waals surface area contributed by atoms with Crippen LogP contribution >= 0.6 is 0 Å². The largest absolute Gasteiger partial charge is 0.497 e. The Morgan fingerprint density at radius 1 is 1.18 bits per heavy atom. The molecule has 3 aromatic rings. The molecular weight excluding hydrogens is 360 g/mol. The number of nitrogens with one attached hydrogen (secondary N) is 1. The molecule has 7 nitrogen and oxygen atoms in total. The summed E-state index contributed by atoms with van der Waals surface area (Å²) in [7, 11) is 3.11. The van der Waals surface area contributed by atoms with Gasteiger partial charge in [-0.3, -0.25) is 4.79 Å². The summed E-state index contributed by atoms with van der Waals surface area (Å²) in [6, 6.07) is 14.0. The summed E-state index contributed by atoms with van der Waals surface area (Å²) in [6.45, 7) is 0. The van der Waals surface area contributed by atoms with Gasteiger partial charge in [0.25, 0.3) is 5.91 Å². The Kier molecular flexibility index (Phi) is 4.75. The molecular formula is C21H20N2O5. The number of rotatable bonds is 5. The highest BCUT2D eigenvalue weighted by Gasteiger charge is 2.32. The molecule has 0 fully saturated rings. The number of amides is 1. The number of nitrogens with zero attached hydrogens (tertiary/aromatic N) is 1. The standard InChI is InChI=1S/C21H20N2O5/c1-26-13-7-8-18(27-2)15(10-13)19-11-16(23-28-19)21(25)22-20-14-6-4-3-5-12(14)9-17(20)24/h3-8,10-11,17,20,24H,9H2,1-2H3,(H,22,25)/t17-,20+/m0/s1. The Bertz CT molecular complexity index is 1010. The fourth-order valence-electron chi connectivity index (χ4n) is 3.48. The Balaban J connectivity index is 1.58. The molecule has 144 valence electrons. The summed E-state index contributed by atoms with van der Waals surface area (Å²) in [6.07, 6.45) is -0.169. The van der Waals surface area contributed by atoms with Gasteiger partial charge in [-0.05, 0) is 29.3 Å². The van der Waals surface area contributed by atoms with Crippen LogP contribution in [0.4, 0.5) is 0 Å². The number of carbonyl (C=O) groups is 1. The molecule has 0 unspecified atom stereocenters. The Morgan fingerprint density at radius 2 is 2.00 bits per heavy atom. The second-order valence-electron chi connectivity index (χ2n) is 6.56. The zero-order valence-electron chi connectivity index (χ0n) is 15.5. The van der Waals surface area contributed by atoms with Gasteiger partial charge >= 0.3 is 0 Å². The average Bonchev–Trinajstić information content (AvgIpc) is 3.33. The third-order valence-corrected chi connectivity index (χ3v) is 4.91. The lowest BCUT2D eigenvalue weighted by atomic mass is 10.1. The van der Waals surface area contributed by atoms with Gasteiger partial charge in [0.1, 0.15) is 11.5 Å². The number of aliphatic hydroxyl groups is 1. The number of carbonyl (C=O) groups excluding carboxylic acids is 1. The van der Waals surface area contributed by atoms with Gasteiger partial charge in [-0.1, -0.05) is 29.4 Å². The second-order valence-corrected chi connectivity index (χ2v) is 6.56. The molecule has 0 saturated carbocycles. The third-order valence-electron chi connectivity index (χ3n) is 4.91. The van der Waals surface area contributed by atoms with Gasteiger partial charge in [0.15, 0.2) is 11.5 Å². The number of hydrogen-bond donors (Lipinski definition) is 2. The molecule has 2 N–H and O–H groups in total. The summed E-state index contributed by atoms with van der Waals surface area (Å²) in [5.74, 6) is 1.17. The van der Waals surface area contributed by atoms with Crippen LogP contribution in [0.15, 0.2) is 53.1 Å². The van der Waals surface area contributed by atoms with Gasteiger partial charge in [0.05, 0.1) is 31.9 Å². The lowest BCUT2D eigenvalue weighted by molar-refractivity contribution is 0.0849. The van der Waals surface area contributed by atoms with Crippen molar-refractivity contribution in [1.29, 1.82) is 0 Å². The smallest absolute Gasteiger partial charge is 0.274 e. The first kappa shape index (κ1) is 18.1. The van der Waals surface area contributed by atoms with E-state index in [1.165, 1.54) is 0 Å². The first-order valence-corrected chi connectivity index (χ1v) is 8.86. The van der Waals surface area contributed by atoms with Crippen molar-refractivity contribution in [1.82, 2.24) is 10.5 Å². The highest BCUT2D eigenvalue weighted by molar-refractivity contribution is 5.93. The number of hydrogen-bond acceptors (Lipinski definition) is 6. The van der Waals surface area contributed by atoms with Crippen LogP contribution < -0.4 is 14.8 Å². The molecule has 0 aliphatic heterocycles. The highest BCUT2D eigenvalue weighted by atomic mass is 16.5. The summed E-state index contributed by atoms with van der Waals surface area (Å²) >= 11 is 0. The maximum Gasteiger partial charge on any atom is 0.274 e. The van der Waals surface area contributed by atoms with Crippen LogP contribution in [0.2, 0.25) is 0 Å². The molecule has 0 saturated heterocycles.